The quantitative estimate of drug-likeness (QED) is 0.814. The zero-order valence-corrected chi connectivity index (χ0v) is 12.0. The first-order valence-electron chi connectivity index (χ1n) is 6.34. The second-order valence-corrected chi connectivity index (χ2v) is 4.99. The summed E-state index contributed by atoms with van der Waals surface area (Å²) in [5.41, 5.74) is 3.43. The summed E-state index contributed by atoms with van der Waals surface area (Å²) in [5, 5.41) is 4.06. The fourth-order valence-electron chi connectivity index (χ4n) is 1.80. The van der Waals surface area contributed by atoms with Gasteiger partial charge in [-0.2, -0.15) is 0 Å². The third kappa shape index (κ3) is 4.18. The van der Waals surface area contributed by atoms with Crippen LogP contribution >= 0.6 is 11.6 Å². The van der Waals surface area contributed by atoms with Crippen molar-refractivity contribution in [3.05, 3.63) is 58.6 Å². The van der Waals surface area contributed by atoms with E-state index in [1.807, 2.05) is 25.1 Å². The van der Waals surface area contributed by atoms with Crippen molar-refractivity contribution in [1.82, 2.24) is 0 Å². The second kappa shape index (κ2) is 6.48. The van der Waals surface area contributed by atoms with Crippen molar-refractivity contribution in [2.75, 3.05) is 18.5 Å². The molecule has 0 aliphatic heterocycles. The first-order valence-corrected chi connectivity index (χ1v) is 6.72. The van der Waals surface area contributed by atoms with E-state index >= 15 is 0 Å². The minimum atomic E-state index is 0.621. The van der Waals surface area contributed by atoms with E-state index in [1.54, 1.807) is 0 Å². The zero-order chi connectivity index (χ0) is 13.7. The van der Waals surface area contributed by atoms with Crippen LogP contribution in [0.5, 0.6) is 5.75 Å². The van der Waals surface area contributed by atoms with Crippen LogP contribution in [0, 0.1) is 13.8 Å². The zero-order valence-electron chi connectivity index (χ0n) is 11.2. The lowest BCUT2D eigenvalue weighted by molar-refractivity contribution is 0.330. The molecule has 2 nitrogen and oxygen atoms in total. The molecule has 3 heteroatoms. The SMILES string of the molecule is Cc1ccc(NCCOc2ccc(Cl)cc2C)cc1. The number of hydrogen-bond acceptors (Lipinski definition) is 2. The number of benzene rings is 2. The minimum Gasteiger partial charge on any atom is -0.491 e. The topological polar surface area (TPSA) is 21.3 Å². The molecule has 0 saturated heterocycles. The molecule has 0 bridgehead atoms. The summed E-state index contributed by atoms with van der Waals surface area (Å²) in [6.07, 6.45) is 0. The lowest BCUT2D eigenvalue weighted by Crippen LogP contribution is -2.11. The van der Waals surface area contributed by atoms with Crippen molar-refractivity contribution >= 4 is 17.3 Å². The molecule has 0 spiro atoms. The Morgan fingerprint density at radius 2 is 1.79 bits per heavy atom. The fourth-order valence-corrected chi connectivity index (χ4v) is 2.03. The molecule has 0 aliphatic carbocycles. The average molecular weight is 276 g/mol. The Balaban J connectivity index is 1.79. The number of aryl methyl sites for hydroxylation is 2. The standard InChI is InChI=1S/C16H18ClNO/c1-12-3-6-15(7-4-12)18-9-10-19-16-8-5-14(17)11-13(16)2/h3-8,11,18H,9-10H2,1-2H3. The van der Waals surface area contributed by atoms with Gasteiger partial charge in [0.2, 0.25) is 0 Å². The Morgan fingerprint density at radius 3 is 2.47 bits per heavy atom. The Morgan fingerprint density at radius 1 is 1.05 bits per heavy atom. The Kier molecular flexibility index (Phi) is 4.69. The van der Waals surface area contributed by atoms with Gasteiger partial charge < -0.3 is 10.1 Å². The van der Waals surface area contributed by atoms with E-state index in [9.17, 15) is 0 Å². The summed E-state index contributed by atoms with van der Waals surface area (Å²) in [4.78, 5) is 0. The van der Waals surface area contributed by atoms with Gasteiger partial charge in [-0.15, -0.1) is 0 Å². The molecule has 2 aromatic rings. The van der Waals surface area contributed by atoms with Crippen molar-refractivity contribution in [3.63, 3.8) is 0 Å². The van der Waals surface area contributed by atoms with Crippen LogP contribution in [-0.4, -0.2) is 13.2 Å². The Hall–Kier alpha value is -1.67. The summed E-state index contributed by atoms with van der Waals surface area (Å²) < 4.78 is 5.72. The smallest absolute Gasteiger partial charge is 0.122 e. The van der Waals surface area contributed by atoms with Crippen LogP contribution in [0.3, 0.4) is 0 Å². The van der Waals surface area contributed by atoms with Gasteiger partial charge in [-0.3, -0.25) is 0 Å². The van der Waals surface area contributed by atoms with Crippen molar-refractivity contribution in [3.8, 4) is 5.75 Å². The summed E-state index contributed by atoms with van der Waals surface area (Å²) >= 11 is 5.90. The van der Waals surface area contributed by atoms with Gasteiger partial charge in [0, 0.05) is 17.3 Å². The van der Waals surface area contributed by atoms with Crippen LogP contribution in [0.25, 0.3) is 0 Å². The Bertz CT molecular complexity index is 537. The van der Waals surface area contributed by atoms with Gasteiger partial charge in [0.25, 0.3) is 0 Å². The lowest BCUT2D eigenvalue weighted by atomic mass is 10.2. The van der Waals surface area contributed by atoms with Crippen molar-refractivity contribution in [1.29, 1.82) is 0 Å². The normalized spacial score (nSPS) is 10.3. The summed E-state index contributed by atoms with van der Waals surface area (Å²) in [7, 11) is 0. The molecule has 0 heterocycles. The number of nitrogens with one attached hydrogen (secondary N) is 1. The van der Waals surface area contributed by atoms with E-state index in [0.717, 1.165) is 28.6 Å². The summed E-state index contributed by atoms with van der Waals surface area (Å²) in [6, 6.07) is 14.0. The molecular formula is C16H18ClNO. The second-order valence-electron chi connectivity index (χ2n) is 4.55. The minimum absolute atomic E-state index is 0.621. The summed E-state index contributed by atoms with van der Waals surface area (Å²) in [5.74, 6) is 0.884. The highest BCUT2D eigenvalue weighted by Gasteiger charge is 2.00. The van der Waals surface area contributed by atoms with Crippen LogP contribution in [0.1, 0.15) is 11.1 Å². The molecule has 0 radical (unpaired) electrons. The molecule has 0 aliphatic rings. The van der Waals surface area contributed by atoms with E-state index in [2.05, 4.69) is 36.5 Å². The molecule has 1 N–H and O–H groups in total. The van der Waals surface area contributed by atoms with Gasteiger partial charge in [-0.05, 0) is 49.7 Å². The highest BCUT2D eigenvalue weighted by Crippen LogP contribution is 2.21. The van der Waals surface area contributed by atoms with E-state index in [4.69, 9.17) is 16.3 Å². The van der Waals surface area contributed by atoms with Crippen molar-refractivity contribution in [2.45, 2.75) is 13.8 Å². The fraction of sp³-hybridized carbons (Fsp3) is 0.250. The molecule has 0 unspecified atom stereocenters. The molecule has 2 rings (SSSR count). The number of halogens is 1. The molecule has 0 aromatic heterocycles. The molecule has 19 heavy (non-hydrogen) atoms. The highest BCUT2D eigenvalue weighted by atomic mass is 35.5. The van der Waals surface area contributed by atoms with Gasteiger partial charge >= 0.3 is 0 Å². The number of rotatable bonds is 5. The van der Waals surface area contributed by atoms with E-state index in [1.165, 1.54) is 5.56 Å². The number of ether oxygens (including phenoxy) is 1. The maximum absolute atomic E-state index is 5.90. The van der Waals surface area contributed by atoms with Crippen LogP contribution in [0.2, 0.25) is 5.02 Å². The lowest BCUT2D eigenvalue weighted by Gasteiger charge is -2.11. The monoisotopic (exact) mass is 275 g/mol. The molecule has 0 saturated carbocycles. The highest BCUT2D eigenvalue weighted by molar-refractivity contribution is 6.30. The molecular weight excluding hydrogens is 258 g/mol. The molecule has 0 fully saturated rings. The van der Waals surface area contributed by atoms with E-state index < -0.39 is 0 Å². The molecule has 2 aromatic carbocycles. The van der Waals surface area contributed by atoms with E-state index in [0.29, 0.717) is 6.61 Å². The van der Waals surface area contributed by atoms with Crippen molar-refractivity contribution < 1.29 is 4.74 Å². The summed E-state index contributed by atoms with van der Waals surface area (Å²) in [6.45, 7) is 5.46. The van der Waals surface area contributed by atoms with E-state index in [-0.39, 0.29) is 0 Å². The first-order chi connectivity index (χ1) is 9.15. The van der Waals surface area contributed by atoms with Crippen LogP contribution < -0.4 is 10.1 Å². The van der Waals surface area contributed by atoms with Gasteiger partial charge in [0.15, 0.2) is 0 Å². The average Bonchev–Trinajstić information content (AvgIpc) is 2.39. The third-order valence-corrected chi connectivity index (χ3v) is 3.11. The van der Waals surface area contributed by atoms with Crippen LogP contribution in [-0.2, 0) is 0 Å². The van der Waals surface area contributed by atoms with Gasteiger partial charge in [0.1, 0.15) is 12.4 Å². The molecule has 100 valence electrons. The number of anilines is 1. The third-order valence-electron chi connectivity index (χ3n) is 2.88. The number of hydrogen-bond donors (Lipinski definition) is 1. The molecule has 0 atom stereocenters. The van der Waals surface area contributed by atoms with Gasteiger partial charge in [-0.1, -0.05) is 29.3 Å². The predicted octanol–water partition coefficient (Wildman–Crippen LogP) is 4.45. The largest absolute Gasteiger partial charge is 0.491 e. The van der Waals surface area contributed by atoms with Crippen LogP contribution in [0.15, 0.2) is 42.5 Å². The van der Waals surface area contributed by atoms with Crippen molar-refractivity contribution in [2.24, 2.45) is 0 Å². The first kappa shape index (κ1) is 13.8. The molecule has 0 amide bonds. The van der Waals surface area contributed by atoms with Gasteiger partial charge in [-0.25, -0.2) is 0 Å². The van der Waals surface area contributed by atoms with Gasteiger partial charge in [0.05, 0.1) is 0 Å². The Labute approximate surface area is 119 Å². The maximum atomic E-state index is 5.90. The predicted molar refractivity (Wildman–Crippen MR) is 81.4 cm³/mol. The van der Waals surface area contributed by atoms with Crippen LogP contribution in [0.4, 0.5) is 5.69 Å². The maximum Gasteiger partial charge on any atom is 0.122 e.